The van der Waals surface area contributed by atoms with Crippen molar-refractivity contribution in [1.82, 2.24) is 4.72 Å². The zero-order valence-corrected chi connectivity index (χ0v) is 13.2. The lowest BCUT2D eigenvalue weighted by Gasteiger charge is -2.19. The molecule has 1 aromatic carbocycles. The lowest BCUT2D eigenvalue weighted by molar-refractivity contribution is 0.456. The molecule has 21 heavy (non-hydrogen) atoms. The van der Waals surface area contributed by atoms with E-state index in [0.29, 0.717) is 18.6 Å². The molecule has 0 aliphatic carbocycles. The molecule has 122 valence electrons. The molecule has 1 rings (SSSR count). The highest BCUT2D eigenvalue weighted by atomic mass is 35.5. The fourth-order valence-corrected chi connectivity index (χ4v) is 3.21. The summed E-state index contributed by atoms with van der Waals surface area (Å²) in [5.41, 5.74) is 5.43. The molecular weight excluding hydrogens is 329 g/mol. The number of nitrogens with one attached hydrogen (secondary N) is 1. The molecule has 9 heteroatoms. The highest BCUT2D eigenvalue weighted by Gasteiger charge is 2.27. The van der Waals surface area contributed by atoms with Crippen LogP contribution in [-0.2, 0) is 10.0 Å². The molecule has 1 atom stereocenters. The van der Waals surface area contributed by atoms with Gasteiger partial charge in [0.1, 0.15) is 17.5 Å². The topological polar surface area (TPSA) is 72.2 Å². The summed E-state index contributed by atoms with van der Waals surface area (Å²) >= 11 is 0. The second kappa shape index (κ2) is 7.98. The van der Waals surface area contributed by atoms with Crippen LogP contribution >= 0.6 is 12.4 Å². The van der Waals surface area contributed by atoms with Crippen LogP contribution in [0.1, 0.15) is 20.3 Å². The molecule has 4 nitrogen and oxygen atoms in total. The third-order valence-corrected chi connectivity index (χ3v) is 4.17. The normalized spacial score (nSPS) is 13.1. The number of hydrogen-bond donors (Lipinski definition) is 2. The summed E-state index contributed by atoms with van der Waals surface area (Å²) in [5.74, 6) is -3.99. The smallest absolute Gasteiger partial charge is 0.246 e. The molecule has 1 aromatic rings. The zero-order valence-electron chi connectivity index (χ0n) is 11.6. The zero-order chi connectivity index (χ0) is 15.5. The number of nitrogens with two attached hydrogens (primary N) is 1. The first-order chi connectivity index (χ1) is 9.17. The van der Waals surface area contributed by atoms with Crippen molar-refractivity contribution in [2.75, 3.05) is 6.54 Å². The fraction of sp³-hybridized carbons (Fsp3) is 0.500. The highest BCUT2D eigenvalue weighted by molar-refractivity contribution is 7.89. The summed E-state index contributed by atoms with van der Waals surface area (Å²) in [4.78, 5) is -1.19. The van der Waals surface area contributed by atoms with E-state index in [1.54, 1.807) is 0 Å². The molecule has 0 bridgehead atoms. The Morgan fingerprint density at radius 2 is 1.67 bits per heavy atom. The molecule has 0 aliphatic heterocycles. The Morgan fingerprint density at radius 3 is 2.05 bits per heavy atom. The van der Waals surface area contributed by atoms with Gasteiger partial charge in [0.25, 0.3) is 0 Å². The molecule has 0 fully saturated rings. The van der Waals surface area contributed by atoms with Crippen LogP contribution in [0.5, 0.6) is 0 Å². The van der Waals surface area contributed by atoms with Gasteiger partial charge in [-0.3, -0.25) is 0 Å². The molecule has 0 saturated heterocycles. The first-order valence-corrected chi connectivity index (χ1v) is 7.52. The molecule has 0 heterocycles. The summed E-state index contributed by atoms with van der Waals surface area (Å²) in [7, 11) is -4.44. The molecule has 0 amide bonds. The van der Waals surface area contributed by atoms with E-state index in [9.17, 15) is 21.6 Å². The van der Waals surface area contributed by atoms with E-state index in [2.05, 4.69) is 4.72 Å². The van der Waals surface area contributed by atoms with E-state index < -0.39 is 38.4 Å². The van der Waals surface area contributed by atoms with Gasteiger partial charge in [-0.25, -0.2) is 26.3 Å². The lowest BCUT2D eigenvalue weighted by Crippen LogP contribution is -2.41. The SMILES string of the molecule is CC(C)CC(CN)NS(=O)(=O)c1c(F)cc(F)cc1F.Cl. The Kier molecular flexibility index (Phi) is 7.66. The van der Waals surface area contributed by atoms with Gasteiger partial charge >= 0.3 is 0 Å². The van der Waals surface area contributed by atoms with Gasteiger partial charge in [0.15, 0.2) is 4.90 Å². The van der Waals surface area contributed by atoms with Crippen molar-refractivity contribution in [3.05, 3.63) is 29.6 Å². The minimum Gasteiger partial charge on any atom is -0.329 e. The monoisotopic (exact) mass is 346 g/mol. The van der Waals surface area contributed by atoms with Crippen LogP contribution in [0.4, 0.5) is 13.2 Å². The second-order valence-electron chi connectivity index (χ2n) is 4.88. The molecule has 0 saturated carbocycles. The Hall–Kier alpha value is -0.830. The van der Waals surface area contributed by atoms with Crippen LogP contribution in [0, 0.1) is 23.4 Å². The van der Waals surface area contributed by atoms with Crippen molar-refractivity contribution in [2.45, 2.75) is 31.2 Å². The average Bonchev–Trinajstić information content (AvgIpc) is 2.24. The molecule has 1 unspecified atom stereocenters. The highest BCUT2D eigenvalue weighted by Crippen LogP contribution is 2.20. The number of rotatable bonds is 6. The quantitative estimate of drug-likeness (QED) is 0.829. The van der Waals surface area contributed by atoms with Crippen LogP contribution < -0.4 is 10.5 Å². The maximum atomic E-state index is 13.5. The molecule has 3 N–H and O–H groups in total. The standard InChI is InChI=1S/C12H17F3N2O2S.ClH/c1-7(2)3-9(6-16)17-20(18,19)12-10(14)4-8(13)5-11(12)15;/h4-5,7,9,17H,3,6,16H2,1-2H3;1H. The first-order valence-electron chi connectivity index (χ1n) is 6.04. The third kappa shape index (κ3) is 5.46. The summed E-state index contributed by atoms with van der Waals surface area (Å²) in [5, 5.41) is 0. The van der Waals surface area contributed by atoms with Crippen molar-refractivity contribution < 1.29 is 21.6 Å². The number of hydrogen-bond acceptors (Lipinski definition) is 3. The summed E-state index contributed by atoms with van der Waals surface area (Å²) in [6.07, 6.45) is 0.417. The van der Waals surface area contributed by atoms with Crippen LogP contribution in [-0.4, -0.2) is 21.0 Å². The van der Waals surface area contributed by atoms with E-state index in [1.165, 1.54) is 0 Å². The lowest BCUT2D eigenvalue weighted by atomic mass is 10.1. The maximum absolute atomic E-state index is 13.5. The first kappa shape index (κ1) is 20.2. The average molecular weight is 347 g/mol. The second-order valence-corrected chi connectivity index (χ2v) is 6.53. The van der Waals surface area contributed by atoms with Crippen molar-refractivity contribution in [1.29, 1.82) is 0 Å². The van der Waals surface area contributed by atoms with Crippen molar-refractivity contribution in [3.63, 3.8) is 0 Å². The van der Waals surface area contributed by atoms with Gasteiger partial charge in [-0.1, -0.05) is 13.8 Å². The van der Waals surface area contributed by atoms with Crippen LogP contribution in [0.2, 0.25) is 0 Å². The molecule has 0 aromatic heterocycles. The summed E-state index contributed by atoms with van der Waals surface area (Å²) in [6.45, 7) is 3.70. The minimum absolute atomic E-state index is 0. The van der Waals surface area contributed by atoms with E-state index in [4.69, 9.17) is 5.73 Å². The van der Waals surface area contributed by atoms with Crippen LogP contribution in [0.15, 0.2) is 17.0 Å². The van der Waals surface area contributed by atoms with Crippen molar-refractivity contribution in [3.8, 4) is 0 Å². The van der Waals surface area contributed by atoms with Crippen molar-refractivity contribution >= 4 is 22.4 Å². The van der Waals surface area contributed by atoms with Gasteiger partial charge in [-0.05, 0) is 12.3 Å². The number of sulfonamides is 1. The van der Waals surface area contributed by atoms with Gasteiger partial charge < -0.3 is 5.73 Å². The Labute approximate surface area is 128 Å². The summed E-state index contributed by atoms with van der Waals surface area (Å²) < 4.78 is 65.8. The minimum atomic E-state index is -4.44. The predicted octanol–water partition coefficient (Wildman–Crippen LogP) is 2.18. The largest absolute Gasteiger partial charge is 0.329 e. The van der Waals surface area contributed by atoms with E-state index in [-0.39, 0.29) is 24.9 Å². The van der Waals surface area contributed by atoms with Gasteiger partial charge in [-0.15, -0.1) is 12.4 Å². The fourth-order valence-electron chi connectivity index (χ4n) is 1.83. The van der Waals surface area contributed by atoms with Gasteiger partial charge in [0, 0.05) is 24.7 Å². The van der Waals surface area contributed by atoms with Gasteiger partial charge in [0.05, 0.1) is 0 Å². The van der Waals surface area contributed by atoms with E-state index in [1.807, 2.05) is 13.8 Å². The Morgan fingerprint density at radius 1 is 1.19 bits per heavy atom. The number of benzene rings is 1. The molecular formula is C12H18ClF3N2O2S. The van der Waals surface area contributed by atoms with Gasteiger partial charge in [0.2, 0.25) is 10.0 Å². The van der Waals surface area contributed by atoms with E-state index >= 15 is 0 Å². The Balaban J connectivity index is 0.00000400. The predicted molar refractivity (Wildman–Crippen MR) is 76.2 cm³/mol. The molecule has 0 aliphatic rings. The maximum Gasteiger partial charge on any atom is 0.246 e. The third-order valence-electron chi connectivity index (χ3n) is 2.59. The summed E-state index contributed by atoms with van der Waals surface area (Å²) in [6, 6.07) is -0.0152. The number of halogens is 4. The van der Waals surface area contributed by atoms with Crippen LogP contribution in [0.25, 0.3) is 0 Å². The molecule has 0 radical (unpaired) electrons. The van der Waals surface area contributed by atoms with Gasteiger partial charge in [-0.2, -0.15) is 0 Å². The molecule has 0 spiro atoms. The Bertz CT molecular complexity index is 559. The van der Waals surface area contributed by atoms with E-state index in [0.717, 1.165) is 0 Å². The van der Waals surface area contributed by atoms with Crippen molar-refractivity contribution in [2.24, 2.45) is 11.7 Å². The van der Waals surface area contributed by atoms with Crippen LogP contribution in [0.3, 0.4) is 0 Å².